The Bertz CT molecular complexity index is 999. The molecule has 12 heteroatoms. The molecule has 2 rings (SSSR count). The maximum Gasteiger partial charge on any atom is 0.330 e. The van der Waals surface area contributed by atoms with Crippen molar-refractivity contribution in [3.63, 3.8) is 0 Å². The molecule has 3 N–H and O–H groups in total. The normalized spacial score (nSPS) is 23.7. The van der Waals surface area contributed by atoms with Gasteiger partial charge in [-0.15, -0.1) is 0 Å². The highest BCUT2D eigenvalue weighted by molar-refractivity contribution is 7.56. The van der Waals surface area contributed by atoms with Crippen LogP contribution in [0, 0.1) is 0 Å². The second kappa shape index (κ2) is 12.1. The first kappa shape index (κ1) is 27.7. The van der Waals surface area contributed by atoms with Gasteiger partial charge in [-0.1, -0.05) is 25.7 Å². The first-order valence-electron chi connectivity index (χ1n) is 9.64. The van der Waals surface area contributed by atoms with Crippen molar-refractivity contribution >= 4 is 19.6 Å². The molecule has 0 aliphatic carbocycles. The number of aromatic amines is 1. The third-order valence-corrected chi connectivity index (χ3v) is 6.06. The van der Waals surface area contributed by atoms with E-state index in [0.29, 0.717) is 0 Å². The third-order valence-electron chi connectivity index (χ3n) is 4.56. The number of aromatic nitrogens is 2. The van der Waals surface area contributed by atoms with Crippen molar-refractivity contribution in [2.45, 2.75) is 52.2 Å². The van der Waals surface area contributed by atoms with Gasteiger partial charge in [0.2, 0.25) is 0 Å². The molecular weight excluding hydrogens is 441 g/mol. The quantitative estimate of drug-likeness (QED) is 0.275. The Morgan fingerprint density at radius 2 is 2.16 bits per heavy atom. The number of H-pyrrole nitrogens is 1. The highest BCUT2D eigenvalue weighted by atomic mass is 31.2. The maximum atomic E-state index is 12.5. The number of carbonyl (C=O) groups excluding carboxylic acids is 1. The van der Waals surface area contributed by atoms with Crippen LogP contribution < -0.4 is 16.3 Å². The molecule has 1 aromatic heterocycles. The lowest BCUT2D eigenvalue weighted by Gasteiger charge is -2.22. The SMILES string of the molecule is C.C/C=C/C=C/c1cn([C@H]2C[C@@H](O)[C@@H](COP(C)(=O)N[C@@H](C)C(=O)OC)O2)c(=O)[nH]c1=O. The van der Waals surface area contributed by atoms with Crippen LogP contribution in [-0.2, 0) is 23.4 Å². The monoisotopic (exact) mass is 473 g/mol. The molecule has 0 saturated carbocycles. The Kier molecular flexibility index (Phi) is 10.5. The number of hydrogen-bond acceptors (Lipinski definition) is 8. The lowest BCUT2D eigenvalue weighted by molar-refractivity contribution is -0.142. The molecule has 1 aliphatic rings. The van der Waals surface area contributed by atoms with Crippen LogP contribution in [0.1, 0.15) is 39.5 Å². The van der Waals surface area contributed by atoms with Crippen molar-refractivity contribution in [2.24, 2.45) is 0 Å². The fourth-order valence-corrected chi connectivity index (χ4v) is 4.29. The Balaban J connectivity index is 0.00000512. The van der Waals surface area contributed by atoms with Crippen LogP contribution in [0.5, 0.6) is 0 Å². The van der Waals surface area contributed by atoms with Crippen LogP contribution in [0.15, 0.2) is 34.0 Å². The van der Waals surface area contributed by atoms with Gasteiger partial charge in [0.25, 0.3) is 13.1 Å². The average Bonchev–Trinajstić information content (AvgIpc) is 3.07. The summed E-state index contributed by atoms with van der Waals surface area (Å²) in [5.41, 5.74) is -0.977. The average molecular weight is 473 g/mol. The molecule has 180 valence electrons. The number of esters is 1. The van der Waals surface area contributed by atoms with Crippen molar-refractivity contribution in [2.75, 3.05) is 20.4 Å². The van der Waals surface area contributed by atoms with E-state index < -0.39 is 49.2 Å². The van der Waals surface area contributed by atoms with Gasteiger partial charge in [-0.05, 0) is 19.9 Å². The van der Waals surface area contributed by atoms with Crippen LogP contribution in [0.3, 0.4) is 0 Å². The van der Waals surface area contributed by atoms with Crippen molar-refractivity contribution in [1.29, 1.82) is 0 Å². The van der Waals surface area contributed by atoms with Crippen LogP contribution >= 0.6 is 7.52 Å². The van der Waals surface area contributed by atoms with Crippen LogP contribution in [-0.4, -0.2) is 59.3 Å². The third kappa shape index (κ3) is 7.39. The summed E-state index contributed by atoms with van der Waals surface area (Å²) in [6, 6.07) is -0.850. The molecule has 1 fully saturated rings. The Hall–Kier alpha value is -2.30. The predicted octanol–water partition coefficient (Wildman–Crippen LogP) is 1.40. The molecule has 1 aliphatic heterocycles. The van der Waals surface area contributed by atoms with Crippen LogP contribution in [0.4, 0.5) is 0 Å². The molecular formula is C20H32N3O8P. The predicted molar refractivity (Wildman–Crippen MR) is 121 cm³/mol. The Morgan fingerprint density at radius 3 is 2.78 bits per heavy atom. The zero-order chi connectivity index (χ0) is 23.2. The lowest BCUT2D eigenvalue weighted by atomic mass is 10.2. The fourth-order valence-electron chi connectivity index (χ4n) is 2.97. The number of nitrogens with zero attached hydrogens (tertiary/aromatic N) is 1. The number of methoxy groups -OCH3 is 1. The van der Waals surface area contributed by atoms with E-state index in [-0.39, 0.29) is 26.0 Å². The number of nitrogens with one attached hydrogen (secondary N) is 2. The molecule has 0 bridgehead atoms. The van der Waals surface area contributed by atoms with E-state index in [4.69, 9.17) is 9.26 Å². The van der Waals surface area contributed by atoms with Gasteiger partial charge in [0.15, 0.2) is 0 Å². The largest absolute Gasteiger partial charge is 0.468 e. The minimum absolute atomic E-state index is 0. The first-order valence-corrected chi connectivity index (χ1v) is 11.7. The number of rotatable bonds is 9. The standard InChI is InChI=1S/C19H28N3O8P.CH4/c1-5-6-7-8-13-10-22(19(26)20-17(13)24)16-9-14(23)15(30-16)11-29-31(4,27)21-12(2)18(25)28-3;/h5-8,10,12,14-16,23H,9,11H2,1-4H3,(H,21,27)(H,20,24,26);1H4/b6-5+,8-7+;/t12-,14+,15+,16+,31?;/m0./s1. The van der Waals surface area contributed by atoms with Gasteiger partial charge in [-0.3, -0.25) is 23.7 Å². The molecule has 1 saturated heterocycles. The number of hydrogen-bond donors (Lipinski definition) is 3. The fraction of sp³-hybridized carbons (Fsp3) is 0.550. The summed E-state index contributed by atoms with van der Waals surface area (Å²) in [6.07, 6.45) is 5.43. The summed E-state index contributed by atoms with van der Waals surface area (Å²) in [5.74, 6) is -0.598. The highest BCUT2D eigenvalue weighted by Gasteiger charge is 2.37. The topological polar surface area (TPSA) is 149 Å². The summed E-state index contributed by atoms with van der Waals surface area (Å²) >= 11 is 0. The zero-order valence-corrected chi connectivity index (χ0v) is 18.7. The molecule has 0 spiro atoms. The number of aliphatic hydroxyl groups excluding tert-OH is 1. The van der Waals surface area contributed by atoms with Crippen molar-refractivity contribution in [1.82, 2.24) is 14.6 Å². The van der Waals surface area contributed by atoms with E-state index in [9.17, 15) is 24.1 Å². The van der Waals surface area contributed by atoms with Gasteiger partial charge in [0.05, 0.1) is 25.4 Å². The van der Waals surface area contributed by atoms with E-state index in [2.05, 4.69) is 14.8 Å². The highest BCUT2D eigenvalue weighted by Crippen LogP contribution is 2.40. The van der Waals surface area contributed by atoms with Gasteiger partial charge in [0, 0.05) is 19.3 Å². The van der Waals surface area contributed by atoms with E-state index in [1.807, 2.05) is 6.92 Å². The molecule has 2 heterocycles. The van der Waals surface area contributed by atoms with Gasteiger partial charge in [0.1, 0.15) is 18.4 Å². The smallest absolute Gasteiger partial charge is 0.330 e. The number of ether oxygens (including phenoxy) is 2. The van der Waals surface area contributed by atoms with Gasteiger partial charge in [-0.25, -0.2) is 9.88 Å². The van der Waals surface area contributed by atoms with Crippen molar-refractivity contribution < 1.29 is 28.5 Å². The first-order chi connectivity index (χ1) is 14.6. The number of carbonyl (C=O) groups is 1. The number of allylic oxidation sites excluding steroid dienone is 3. The van der Waals surface area contributed by atoms with Crippen molar-refractivity contribution in [3.8, 4) is 0 Å². The summed E-state index contributed by atoms with van der Waals surface area (Å²) in [5, 5.41) is 12.9. The summed E-state index contributed by atoms with van der Waals surface area (Å²) < 4.78 is 29.4. The van der Waals surface area contributed by atoms with Crippen LogP contribution in [0.2, 0.25) is 0 Å². The molecule has 5 atom stereocenters. The second-order valence-electron chi connectivity index (χ2n) is 7.08. The summed E-state index contributed by atoms with van der Waals surface area (Å²) in [4.78, 5) is 37.9. The Morgan fingerprint density at radius 1 is 1.47 bits per heavy atom. The van der Waals surface area contributed by atoms with E-state index in [1.165, 1.54) is 31.5 Å². The Labute approximate surface area is 186 Å². The van der Waals surface area contributed by atoms with Gasteiger partial charge in [-0.2, -0.15) is 0 Å². The molecule has 0 aromatic carbocycles. The zero-order valence-electron chi connectivity index (χ0n) is 17.8. The van der Waals surface area contributed by atoms with Crippen LogP contribution in [0.25, 0.3) is 6.08 Å². The molecule has 0 amide bonds. The van der Waals surface area contributed by atoms with E-state index in [1.54, 1.807) is 24.3 Å². The van der Waals surface area contributed by atoms with E-state index in [0.717, 1.165) is 0 Å². The number of aliphatic hydroxyl groups is 1. The van der Waals surface area contributed by atoms with Gasteiger partial charge < -0.3 is 19.1 Å². The molecule has 11 nitrogen and oxygen atoms in total. The maximum absolute atomic E-state index is 12.5. The van der Waals surface area contributed by atoms with Gasteiger partial charge >= 0.3 is 11.7 Å². The minimum Gasteiger partial charge on any atom is -0.468 e. The molecule has 1 unspecified atom stereocenters. The summed E-state index contributed by atoms with van der Waals surface area (Å²) in [7, 11) is -2.19. The molecule has 32 heavy (non-hydrogen) atoms. The van der Waals surface area contributed by atoms with Crippen molar-refractivity contribution in [3.05, 3.63) is 50.8 Å². The summed E-state index contributed by atoms with van der Waals surface area (Å²) in [6.45, 7) is 4.36. The molecule has 0 radical (unpaired) electrons. The van der Waals surface area contributed by atoms with E-state index >= 15 is 0 Å². The molecule has 1 aromatic rings. The second-order valence-corrected chi connectivity index (χ2v) is 9.29. The lowest BCUT2D eigenvalue weighted by Crippen LogP contribution is -2.34. The minimum atomic E-state index is -3.40.